The minimum atomic E-state index is -4.62. The van der Waals surface area contributed by atoms with E-state index in [2.05, 4.69) is 13.8 Å². The van der Waals surface area contributed by atoms with Crippen LogP contribution < -0.4 is 4.52 Å². The number of benzene rings is 3. The maximum Gasteiger partial charge on any atom is 0.530 e. The highest BCUT2D eigenvalue weighted by Crippen LogP contribution is 2.50. The molecule has 3 aromatic rings. The molecule has 3 aromatic carbocycles. The van der Waals surface area contributed by atoms with Gasteiger partial charge in [0.15, 0.2) is 23.3 Å². The highest BCUT2D eigenvalue weighted by molar-refractivity contribution is 7.48. The van der Waals surface area contributed by atoms with E-state index in [-0.39, 0.29) is 37.9 Å². The van der Waals surface area contributed by atoms with Gasteiger partial charge in [-0.05, 0) is 60.4 Å². The molecule has 3 rings (SSSR count). The van der Waals surface area contributed by atoms with Crippen LogP contribution in [0.4, 0.5) is 23.2 Å². The highest BCUT2D eigenvalue weighted by Gasteiger charge is 2.33. The van der Waals surface area contributed by atoms with E-state index in [4.69, 9.17) is 32.5 Å². The molecule has 0 unspecified atom stereocenters. The molecule has 78 heavy (non-hydrogen) atoms. The fourth-order valence-electron chi connectivity index (χ4n) is 9.11. The van der Waals surface area contributed by atoms with Crippen LogP contribution in [0.2, 0.25) is 0 Å². The molecular formula is C62H98F4NO10P. The fourth-order valence-corrected chi connectivity index (χ4v) is 10.4. The average Bonchev–Trinajstić information content (AvgIpc) is 3.43. The Morgan fingerprint density at radius 2 is 0.756 bits per heavy atom. The van der Waals surface area contributed by atoms with E-state index in [9.17, 15) is 32.2 Å². The van der Waals surface area contributed by atoms with E-state index in [1.807, 2.05) is 0 Å². The summed E-state index contributed by atoms with van der Waals surface area (Å²) in [7, 11) is -4.62. The molecule has 0 amide bonds. The molecule has 0 saturated carbocycles. The van der Waals surface area contributed by atoms with Crippen molar-refractivity contribution in [3.8, 4) is 5.75 Å². The monoisotopic (exact) mass is 1120 g/mol. The summed E-state index contributed by atoms with van der Waals surface area (Å²) >= 11 is 0. The number of non-ortho nitro benzene ring substituents is 1. The first-order valence-corrected chi connectivity index (χ1v) is 31.6. The van der Waals surface area contributed by atoms with Crippen LogP contribution in [0.1, 0.15) is 230 Å². The summed E-state index contributed by atoms with van der Waals surface area (Å²) in [5.74, 6) is -4.12. The number of hydrogen-bond acceptors (Lipinski definition) is 10. The molecule has 0 bridgehead atoms. The summed E-state index contributed by atoms with van der Waals surface area (Å²) in [6, 6.07) is 11.7. The van der Waals surface area contributed by atoms with Crippen LogP contribution in [0.15, 0.2) is 60.7 Å². The lowest BCUT2D eigenvalue weighted by Gasteiger charge is -2.25. The second kappa shape index (κ2) is 45.2. The predicted molar refractivity (Wildman–Crippen MR) is 304 cm³/mol. The molecule has 0 radical (unpaired) electrons. The summed E-state index contributed by atoms with van der Waals surface area (Å²) in [4.78, 5) is 10.8. The van der Waals surface area contributed by atoms with E-state index < -0.39 is 61.4 Å². The second-order valence-corrected chi connectivity index (χ2v) is 22.6. The first kappa shape index (κ1) is 68.8. The third-order valence-electron chi connectivity index (χ3n) is 13.9. The normalized spacial score (nSPS) is 12.6. The summed E-state index contributed by atoms with van der Waals surface area (Å²) < 4.78 is 112. The maximum atomic E-state index is 14.6. The molecule has 0 aliphatic rings. The Morgan fingerprint density at radius 1 is 0.436 bits per heavy atom. The number of hydrogen-bond donors (Lipinski definition) is 0. The number of ether oxygens (including phenoxy) is 4. The summed E-state index contributed by atoms with van der Waals surface area (Å²) in [5.41, 5.74) is 0.469. The van der Waals surface area contributed by atoms with Gasteiger partial charge in [0.25, 0.3) is 5.69 Å². The van der Waals surface area contributed by atoms with Gasteiger partial charge < -0.3 is 23.5 Å². The van der Waals surface area contributed by atoms with E-state index in [0.29, 0.717) is 24.3 Å². The van der Waals surface area contributed by atoms with Crippen molar-refractivity contribution in [1.29, 1.82) is 0 Å². The molecule has 0 aromatic heterocycles. The van der Waals surface area contributed by atoms with Gasteiger partial charge in [-0.1, -0.05) is 219 Å². The molecule has 0 fully saturated rings. The van der Waals surface area contributed by atoms with Crippen molar-refractivity contribution in [2.45, 2.75) is 245 Å². The summed E-state index contributed by atoms with van der Waals surface area (Å²) in [5, 5.41) is 11.4. The first-order chi connectivity index (χ1) is 38.0. The second-order valence-electron chi connectivity index (χ2n) is 21.0. The number of phosphoric ester groups is 1. The maximum absolute atomic E-state index is 14.6. The van der Waals surface area contributed by atoms with Gasteiger partial charge in [0.2, 0.25) is 0 Å². The number of rotatable bonds is 53. The number of nitro groups is 1. The van der Waals surface area contributed by atoms with Crippen molar-refractivity contribution >= 4 is 13.5 Å². The van der Waals surface area contributed by atoms with Crippen molar-refractivity contribution in [3.05, 3.63) is 105 Å². The number of halogens is 4. The van der Waals surface area contributed by atoms with Crippen LogP contribution >= 0.6 is 7.82 Å². The zero-order valence-corrected chi connectivity index (χ0v) is 48.6. The fraction of sp³-hybridized carbons (Fsp3) is 0.710. The number of nitro benzene ring substituents is 1. The molecule has 444 valence electrons. The van der Waals surface area contributed by atoms with Gasteiger partial charge in [-0.2, -0.15) is 0 Å². The minimum absolute atomic E-state index is 0.00683. The largest absolute Gasteiger partial charge is 0.530 e. The smallest absolute Gasteiger partial charge is 0.404 e. The van der Waals surface area contributed by atoms with Crippen LogP contribution in [0.25, 0.3) is 0 Å². The van der Waals surface area contributed by atoms with Crippen molar-refractivity contribution in [2.24, 2.45) is 0 Å². The van der Waals surface area contributed by atoms with Gasteiger partial charge in [0.05, 0.1) is 44.6 Å². The third-order valence-corrected chi connectivity index (χ3v) is 15.3. The van der Waals surface area contributed by atoms with Crippen LogP contribution in [0.5, 0.6) is 5.75 Å². The molecule has 16 heteroatoms. The van der Waals surface area contributed by atoms with Crippen molar-refractivity contribution < 1.29 is 59.6 Å². The zero-order valence-electron chi connectivity index (χ0n) is 47.7. The highest BCUT2D eigenvalue weighted by atomic mass is 31.2. The van der Waals surface area contributed by atoms with Crippen LogP contribution in [0.3, 0.4) is 0 Å². The third kappa shape index (κ3) is 34.7. The topological polar surface area (TPSA) is 125 Å². The molecule has 11 nitrogen and oxygen atoms in total. The molecule has 0 aliphatic carbocycles. The summed E-state index contributed by atoms with van der Waals surface area (Å²) in [6.07, 6.45) is 38.0. The molecule has 0 N–H and O–H groups in total. The van der Waals surface area contributed by atoms with Gasteiger partial charge >= 0.3 is 7.82 Å². The van der Waals surface area contributed by atoms with Crippen molar-refractivity contribution in [2.75, 3.05) is 39.6 Å². The molecule has 0 saturated heterocycles. The molecular weight excluding hydrogens is 1030 g/mol. The SMILES string of the molecule is CCCCCCCCCCCCCCCCCCOC[C@H](COP(=O)(OC[C@@H](COCCCCCCCCCCCCCCCCCC)OCc1ccc(F)c(F)c1)Oc1ccc([N+](=O)[O-])cc1)OCc1ccc(F)c(F)c1. The van der Waals surface area contributed by atoms with Gasteiger partial charge in [-0.15, -0.1) is 0 Å². The lowest BCUT2D eigenvalue weighted by atomic mass is 10.0. The Balaban J connectivity index is 1.55. The Morgan fingerprint density at radius 3 is 1.06 bits per heavy atom. The van der Waals surface area contributed by atoms with Crippen LogP contribution in [0, 0.1) is 33.4 Å². The van der Waals surface area contributed by atoms with E-state index >= 15 is 0 Å². The van der Waals surface area contributed by atoms with E-state index in [0.717, 1.165) is 75.6 Å². The Labute approximate surface area is 466 Å². The van der Waals surface area contributed by atoms with Crippen LogP contribution in [-0.2, 0) is 45.8 Å². The van der Waals surface area contributed by atoms with Gasteiger partial charge in [0, 0.05) is 25.3 Å². The number of nitrogens with zero attached hydrogens (tertiary/aromatic N) is 1. The molecule has 0 heterocycles. The van der Waals surface area contributed by atoms with E-state index in [1.54, 1.807) is 0 Å². The molecule has 2 atom stereocenters. The standard InChI is InChI=1S/C62H98F4NO10P/c1-3-5-7-9-11-13-15-17-19-21-23-25-27-29-31-33-43-71-49-57(73-47-53-35-41-59(63)61(65)45-53)51-75-78(70,77-56-39-37-55(38-40-56)67(68)69)76-52-58(74-48-54-36-42-60(64)62(66)46-54)50-72-44-34-32-30-28-26-24-22-20-18-16-14-12-10-8-6-4-2/h35-42,45-46,57-58H,3-34,43-44,47-52H2,1-2H3/t57-,58-/m1/s1. The molecule has 0 aliphatic heterocycles. The number of phosphoric acid groups is 1. The summed E-state index contributed by atoms with van der Waals surface area (Å²) in [6.45, 7) is 4.23. The van der Waals surface area contributed by atoms with Gasteiger partial charge in [0.1, 0.15) is 18.0 Å². The first-order valence-electron chi connectivity index (χ1n) is 30.1. The van der Waals surface area contributed by atoms with Crippen LogP contribution in [-0.4, -0.2) is 56.8 Å². The van der Waals surface area contributed by atoms with Gasteiger partial charge in [-0.3, -0.25) is 19.2 Å². The van der Waals surface area contributed by atoms with Crippen molar-refractivity contribution in [3.63, 3.8) is 0 Å². The minimum Gasteiger partial charge on any atom is -0.404 e. The van der Waals surface area contributed by atoms with E-state index in [1.165, 1.54) is 190 Å². The lowest BCUT2D eigenvalue weighted by molar-refractivity contribution is -0.384. The average molecular weight is 1120 g/mol. The number of unbranched alkanes of at least 4 members (excludes halogenated alkanes) is 30. The van der Waals surface area contributed by atoms with Crippen molar-refractivity contribution in [1.82, 2.24) is 0 Å². The quantitative estimate of drug-likeness (QED) is 0.0177. The Hall–Kier alpha value is -3.43. The Bertz CT molecular complexity index is 1890. The molecule has 0 spiro atoms. The zero-order chi connectivity index (χ0) is 56.2. The lowest BCUT2D eigenvalue weighted by Crippen LogP contribution is -2.28. The van der Waals surface area contributed by atoms with Gasteiger partial charge in [-0.25, -0.2) is 22.1 Å². The Kier molecular flexibility index (Phi) is 39.9. The predicted octanol–water partition coefficient (Wildman–Crippen LogP) is 19.4.